The Balaban J connectivity index is 1.56. The number of alkyl halides is 3. The number of hydrogen-bond acceptors (Lipinski definition) is 7. The van der Waals surface area contributed by atoms with Crippen molar-refractivity contribution in [2.75, 3.05) is 23.4 Å². The number of nitrogens with one attached hydrogen (secondary N) is 3. The largest absolute Gasteiger partial charge is 0.416 e. The summed E-state index contributed by atoms with van der Waals surface area (Å²) in [5, 5.41) is 18.2. The lowest BCUT2D eigenvalue weighted by atomic mass is 10.1. The van der Waals surface area contributed by atoms with Crippen LogP contribution in [-0.4, -0.2) is 27.5 Å². The molecule has 0 fully saturated rings. The van der Waals surface area contributed by atoms with E-state index in [0.717, 1.165) is 17.7 Å². The summed E-state index contributed by atoms with van der Waals surface area (Å²) in [4.78, 5) is 22.5. The average Bonchev–Trinajstić information content (AvgIpc) is 3.24. The molecule has 0 aliphatic carbocycles. The number of halogens is 3. The van der Waals surface area contributed by atoms with Gasteiger partial charge in [0.1, 0.15) is 23.0 Å². The first-order valence-electron chi connectivity index (χ1n) is 12.7. The van der Waals surface area contributed by atoms with Crippen LogP contribution in [0.5, 0.6) is 0 Å². The highest BCUT2D eigenvalue weighted by Gasteiger charge is 2.32. The molecule has 2 heterocycles. The monoisotopic (exact) mass is 570 g/mol. The fourth-order valence-electron chi connectivity index (χ4n) is 4.42. The number of nitrogens with two attached hydrogens (primary N) is 1. The zero-order chi connectivity index (χ0) is 30.2. The van der Waals surface area contributed by atoms with Crippen LogP contribution in [0.15, 0.2) is 72.6 Å². The molecular formula is C30H25F3N8O. The lowest BCUT2D eigenvalue weighted by Crippen LogP contribution is -2.15. The van der Waals surface area contributed by atoms with Crippen LogP contribution in [0.25, 0.3) is 27.9 Å². The van der Waals surface area contributed by atoms with Crippen LogP contribution in [-0.2, 0) is 6.18 Å². The second-order valence-corrected chi connectivity index (χ2v) is 9.57. The van der Waals surface area contributed by atoms with Crippen molar-refractivity contribution >= 4 is 45.3 Å². The number of para-hydroxylation sites is 2. The van der Waals surface area contributed by atoms with Gasteiger partial charge in [-0.05, 0) is 61.9 Å². The summed E-state index contributed by atoms with van der Waals surface area (Å²) in [6.07, 6.45) is -3.17. The summed E-state index contributed by atoms with van der Waals surface area (Å²) >= 11 is 0. The molecule has 3 aromatic carbocycles. The summed E-state index contributed by atoms with van der Waals surface area (Å²) in [6, 6.07) is 17.3. The van der Waals surface area contributed by atoms with E-state index in [1.807, 2.05) is 19.1 Å². The van der Waals surface area contributed by atoms with Crippen molar-refractivity contribution in [3.05, 3.63) is 94.8 Å². The zero-order valence-electron chi connectivity index (χ0n) is 22.8. The predicted octanol–water partition coefficient (Wildman–Crippen LogP) is 6.10. The Bertz CT molecular complexity index is 1940. The minimum atomic E-state index is -4.66. The van der Waals surface area contributed by atoms with Crippen molar-refractivity contribution in [1.29, 1.82) is 5.26 Å². The Morgan fingerprint density at radius 3 is 2.43 bits per heavy atom. The predicted molar refractivity (Wildman–Crippen MR) is 156 cm³/mol. The van der Waals surface area contributed by atoms with Gasteiger partial charge in [0.25, 0.3) is 5.91 Å². The minimum absolute atomic E-state index is 0.0931. The molecule has 0 radical (unpaired) electrons. The van der Waals surface area contributed by atoms with Crippen LogP contribution in [0.3, 0.4) is 0 Å². The van der Waals surface area contributed by atoms with Gasteiger partial charge in [-0.15, -0.1) is 0 Å². The molecule has 1 amide bonds. The fourth-order valence-corrected chi connectivity index (χ4v) is 4.42. The van der Waals surface area contributed by atoms with Gasteiger partial charge in [-0.2, -0.15) is 18.4 Å². The van der Waals surface area contributed by atoms with Crippen LogP contribution in [0.2, 0.25) is 0 Å². The van der Waals surface area contributed by atoms with Crippen LogP contribution >= 0.6 is 0 Å². The number of hydrogen-bond donors (Lipinski definition) is 4. The highest BCUT2D eigenvalue weighted by Crippen LogP contribution is 2.34. The second kappa shape index (κ2) is 10.8. The highest BCUT2D eigenvalue weighted by molar-refractivity contribution is 6.05. The van der Waals surface area contributed by atoms with E-state index in [0.29, 0.717) is 39.3 Å². The molecule has 5 rings (SSSR count). The van der Waals surface area contributed by atoms with Gasteiger partial charge in [0, 0.05) is 35.9 Å². The van der Waals surface area contributed by atoms with E-state index in [2.05, 4.69) is 27.0 Å². The maximum atomic E-state index is 13.6. The third-order valence-electron chi connectivity index (χ3n) is 6.69. The van der Waals surface area contributed by atoms with Gasteiger partial charge in [0.15, 0.2) is 5.65 Å². The first-order chi connectivity index (χ1) is 20.0. The number of allylic oxidation sites excluding steroid dienone is 1. The quantitative estimate of drug-likeness (QED) is 0.194. The smallest absolute Gasteiger partial charge is 0.390 e. The number of benzene rings is 3. The summed E-state index contributed by atoms with van der Waals surface area (Å²) in [5.74, 6) is -0.630. The van der Waals surface area contributed by atoms with Crippen molar-refractivity contribution in [3.8, 4) is 11.8 Å². The van der Waals surface area contributed by atoms with Gasteiger partial charge < -0.3 is 21.7 Å². The van der Waals surface area contributed by atoms with Gasteiger partial charge in [-0.1, -0.05) is 18.2 Å². The van der Waals surface area contributed by atoms with Gasteiger partial charge in [0.05, 0.1) is 22.3 Å². The Hall–Kier alpha value is -5.57. The molecule has 0 saturated heterocycles. The number of nitrogens with zero attached hydrogens (tertiary/aromatic N) is 4. The molecule has 0 atom stereocenters. The van der Waals surface area contributed by atoms with Crippen LogP contribution in [0.4, 0.5) is 30.4 Å². The van der Waals surface area contributed by atoms with Crippen LogP contribution in [0.1, 0.15) is 34.0 Å². The number of fused-ring (bicyclic) bond motifs is 2. The summed E-state index contributed by atoms with van der Waals surface area (Å²) < 4.78 is 42.5. The number of amides is 1. The number of anilines is 3. The maximum Gasteiger partial charge on any atom is 0.416 e. The molecule has 0 aliphatic rings. The van der Waals surface area contributed by atoms with Gasteiger partial charge in [0.2, 0.25) is 0 Å². The molecule has 5 N–H and O–H groups in total. The number of nitrogen functional groups attached to an aromatic ring is 1. The minimum Gasteiger partial charge on any atom is -0.390 e. The molecule has 12 heteroatoms. The summed E-state index contributed by atoms with van der Waals surface area (Å²) in [7, 11) is 1.68. The van der Waals surface area contributed by atoms with E-state index < -0.39 is 17.6 Å². The lowest BCUT2D eigenvalue weighted by Gasteiger charge is -2.15. The number of carbonyl (C=O) groups is 1. The first-order valence-corrected chi connectivity index (χ1v) is 12.7. The van der Waals surface area contributed by atoms with E-state index >= 15 is 0 Å². The lowest BCUT2D eigenvalue weighted by molar-refractivity contribution is -0.137. The highest BCUT2D eigenvalue weighted by atomic mass is 19.4. The van der Waals surface area contributed by atoms with Crippen LogP contribution < -0.4 is 21.7 Å². The molecule has 0 saturated carbocycles. The second-order valence-electron chi connectivity index (χ2n) is 9.57. The standard InChI is InChI=1S/C30H25F3N8O/c1-16-8-9-20(38-29(42)18-10-19(30(31,32)33)12-21(11-18)37-15-17(2)36-3)13-25(16)41-27(35)22(14-34)26-28(41)40-24-7-5-4-6-23(24)39-26/h4-13,15,36-37H,35H2,1-3H3,(H,38,42)/b17-15-. The number of carbonyl (C=O) groups excluding carboxylic acids is 1. The van der Waals surface area contributed by atoms with Crippen molar-refractivity contribution in [2.24, 2.45) is 0 Å². The zero-order valence-corrected chi connectivity index (χ0v) is 22.8. The van der Waals surface area contributed by atoms with Crippen molar-refractivity contribution < 1.29 is 18.0 Å². The fraction of sp³-hybridized carbons (Fsp3) is 0.133. The Morgan fingerprint density at radius 1 is 1.05 bits per heavy atom. The third-order valence-corrected chi connectivity index (χ3v) is 6.69. The van der Waals surface area contributed by atoms with Crippen LogP contribution in [0, 0.1) is 18.3 Å². The topological polar surface area (TPSA) is 134 Å². The maximum absolute atomic E-state index is 13.6. The number of aryl methyl sites for hydroxylation is 1. The molecule has 212 valence electrons. The van der Waals surface area contributed by atoms with Gasteiger partial charge >= 0.3 is 6.18 Å². The van der Waals surface area contributed by atoms with E-state index in [4.69, 9.17) is 10.7 Å². The number of aromatic nitrogens is 3. The normalized spacial score (nSPS) is 11.9. The van der Waals surface area contributed by atoms with E-state index in [1.54, 1.807) is 48.9 Å². The molecule has 2 aromatic heterocycles. The van der Waals surface area contributed by atoms with Gasteiger partial charge in [-0.25, -0.2) is 9.97 Å². The molecule has 0 spiro atoms. The van der Waals surface area contributed by atoms with E-state index in [9.17, 15) is 23.2 Å². The molecule has 0 bridgehead atoms. The molecule has 0 aliphatic heterocycles. The molecule has 5 aromatic rings. The third kappa shape index (κ3) is 5.27. The van der Waals surface area contributed by atoms with E-state index in [1.165, 1.54) is 12.3 Å². The molecular weight excluding hydrogens is 545 g/mol. The first kappa shape index (κ1) is 28.0. The Kier molecular flexibility index (Phi) is 7.18. The van der Waals surface area contributed by atoms with Gasteiger partial charge in [-0.3, -0.25) is 9.36 Å². The van der Waals surface area contributed by atoms with Crippen molar-refractivity contribution in [2.45, 2.75) is 20.0 Å². The summed E-state index contributed by atoms with van der Waals surface area (Å²) in [5.41, 5.74) is 9.62. The molecule has 42 heavy (non-hydrogen) atoms. The Morgan fingerprint density at radius 2 is 1.76 bits per heavy atom. The molecule has 0 unspecified atom stereocenters. The average molecular weight is 571 g/mol. The summed E-state index contributed by atoms with van der Waals surface area (Å²) in [6.45, 7) is 3.55. The van der Waals surface area contributed by atoms with E-state index in [-0.39, 0.29) is 22.6 Å². The van der Waals surface area contributed by atoms with Crippen molar-refractivity contribution in [1.82, 2.24) is 19.9 Å². The van der Waals surface area contributed by atoms with Crippen molar-refractivity contribution in [3.63, 3.8) is 0 Å². The number of rotatable bonds is 6. The number of nitriles is 1. The molecule has 9 nitrogen and oxygen atoms in total. The Labute approximate surface area is 238 Å². The SMILES string of the molecule is CN/C(C)=C\Nc1cc(C(=O)Nc2ccc(C)c(-n3c(N)c(C#N)c4nc5ccccc5nc43)c2)cc(C(F)(F)F)c1.